The number of anilines is 1. The second-order valence-electron chi connectivity index (χ2n) is 7.50. The van der Waals surface area contributed by atoms with Gasteiger partial charge in [0.25, 0.3) is 5.56 Å². The molecule has 0 aliphatic rings. The van der Waals surface area contributed by atoms with E-state index in [2.05, 4.69) is 48.2 Å². The van der Waals surface area contributed by atoms with E-state index in [0.717, 1.165) is 32.8 Å². The van der Waals surface area contributed by atoms with Crippen LogP contribution in [0.4, 0.5) is 5.13 Å². The van der Waals surface area contributed by atoms with Gasteiger partial charge in [0.05, 0.1) is 17.4 Å². The Morgan fingerprint density at radius 2 is 1.83 bits per heavy atom. The molecule has 0 radical (unpaired) electrons. The molecule has 6 nitrogen and oxygen atoms in total. The average molecular weight is 439 g/mol. The SMILES string of the molecule is Cc1cc(C)c(-c2csc(NC(=O)Cn3cnc4sc(C)c(C)c4c3=O)n2)c(C)c1. The van der Waals surface area contributed by atoms with Crippen LogP contribution >= 0.6 is 22.7 Å². The molecule has 0 atom stereocenters. The summed E-state index contributed by atoms with van der Waals surface area (Å²) < 4.78 is 1.35. The summed E-state index contributed by atoms with van der Waals surface area (Å²) in [6.07, 6.45) is 1.44. The zero-order chi connectivity index (χ0) is 21.6. The summed E-state index contributed by atoms with van der Waals surface area (Å²) in [5.74, 6) is -0.305. The lowest BCUT2D eigenvalue weighted by Crippen LogP contribution is -2.27. The van der Waals surface area contributed by atoms with Crippen molar-refractivity contribution in [3.05, 3.63) is 61.3 Å². The standard InChI is InChI=1S/C22H22N4O2S2/c1-11-6-12(2)18(13(3)7-11)16-9-29-22(24-16)25-17(27)8-26-10-23-20-19(21(26)28)14(4)15(5)30-20/h6-7,9-10H,8H2,1-5H3,(H,24,25,27). The molecule has 0 unspecified atom stereocenters. The van der Waals surface area contributed by atoms with Crippen molar-refractivity contribution < 1.29 is 4.79 Å². The summed E-state index contributed by atoms with van der Waals surface area (Å²) in [6, 6.07) is 4.26. The first-order valence-electron chi connectivity index (χ1n) is 9.53. The highest BCUT2D eigenvalue weighted by molar-refractivity contribution is 7.18. The first kappa shape index (κ1) is 20.4. The first-order chi connectivity index (χ1) is 14.2. The molecule has 0 aliphatic heterocycles. The van der Waals surface area contributed by atoms with Crippen molar-refractivity contribution in [1.29, 1.82) is 0 Å². The van der Waals surface area contributed by atoms with Crippen LogP contribution in [0.25, 0.3) is 21.5 Å². The fourth-order valence-corrected chi connectivity index (χ4v) is 5.43. The molecule has 1 N–H and O–H groups in total. The molecular formula is C22H22N4O2S2. The minimum Gasteiger partial charge on any atom is -0.300 e. The lowest BCUT2D eigenvalue weighted by atomic mass is 9.98. The van der Waals surface area contributed by atoms with Crippen LogP contribution in [0.15, 0.2) is 28.6 Å². The number of benzene rings is 1. The fourth-order valence-electron chi connectivity index (χ4n) is 3.73. The number of amides is 1. The van der Waals surface area contributed by atoms with Crippen LogP contribution in [0.3, 0.4) is 0 Å². The number of hydrogen-bond acceptors (Lipinski definition) is 6. The Morgan fingerprint density at radius 3 is 2.53 bits per heavy atom. The third-order valence-electron chi connectivity index (χ3n) is 5.15. The van der Waals surface area contributed by atoms with Crippen LogP contribution in [0, 0.1) is 34.6 Å². The van der Waals surface area contributed by atoms with Gasteiger partial charge < -0.3 is 5.32 Å². The van der Waals surface area contributed by atoms with Gasteiger partial charge in [0.15, 0.2) is 5.13 Å². The number of rotatable bonds is 4. The van der Waals surface area contributed by atoms with Gasteiger partial charge in [-0.2, -0.15) is 0 Å². The van der Waals surface area contributed by atoms with E-state index in [4.69, 9.17) is 0 Å². The predicted octanol–water partition coefficient (Wildman–Crippen LogP) is 4.76. The second-order valence-corrected chi connectivity index (χ2v) is 9.56. The number of carbonyl (C=O) groups excluding carboxylic acids is 1. The molecule has 30 heavy (non-hydrogen) atoms. The maximum atomic E-state index is 12.8. The van der Waals surface area contributed by atoms with E-state index < -0.39 is 0 Å². The summed E-state index contributed by atoms with van der Waals surface area (Å²) in [5.41, 5.74) is 6.19. The van der Waals surface area contributed by atoms with Gasteiger partial charge in [-0.15, -0.1) is 22.7 Å². The van der Waals surface area contributed by atoms with Crippen LogP contribution < -0.4 is 10.9 Å². The second kappa shape index (κ2) is 7.77. The largest absolute Gasteiger partial charge is 0.300 e. The van der Waals surface area contributed by atoms with Crippen molar-refractivity contribution in [2.24, 2.45) is 0 Å². The predicted molar refractivity (Wildman–Crippen MR) is 124 cm³/mol. The summed E-state index contributed by atoms with van der Waals surface area (Å²) in [6.45, 7) is 9.98. The minimum atomic E-state index is -0.305. The molecule has 4 rings (SSSR count). The molecule has 3 heterocycles. The number of carbonyl (C=O) groups is 1. The normalized spacial score (nSPS) is 11.2. The maximum Gasteiger partial charge on any atom is 0.262 e. The highest BCUT2D eigenvalue weighted by Crippen LogP contribution is 2.31. The van der Waals surface area contributed by atoms with E-state index in [-0.39, 0.29) is 18.0 Å². The monoisotopic (exact) mass is 438 g/mol. The van der Waals surface area contributed by atoms with Crippen molar-refractivity contribution in [3.63, 3.8) is 0 Å². The van der Waals surface area contributed by atoms with Crippen LogP contribution in [0.2, 0.25) is 0 Å². The first-order valence-corrected chi connectivity index (χ1v) is 11.2. The molecule has 154 valence electrons. The molecule has 0 fully saturated rings. The van der Waals surface area contributed by atoms with Gasteiger partial charge >= 0.3 is 0 Å². The van der Waals surface area contributed by atoms with Gasteiger partial charge in [-0.25, -0.2) is 9.97 Å². The molecule has 0 aliphatic carbocycles. The minimum absolute atomic E-state index is 0.104. The van der Waals surface area contributed by atoms with Crippen molar-refractivity contribution in [3.8, 4) is 11.3 Å². The van der Waals surface area contributed by atoms with E-state index in [1.54, 1.807) is 0 Å². The van der Waals surface area contributed by atoms with Gasteiger partial charge in [-0.3, -0.25) is 14.2 Å². The van der Waals surface area contributed by atoms with E-state index in [0.29, 0.717) is 15.3 Å². The molecule has 4 aromatic rings. The lowest BCUT2D eigenvalue weighted by molar-refractivity contribution is -0.116. The quantitative estimate of drug-likeness (QED) is 0.498. The molecule has 1 aromatic carbocycles. The number of thiazole rings is 1. The zero-order valence-corrected chi connectivity index (χ0v) is 19.1. The molecule has 1 amide bonds. The third-order valence-corrected chi connectivity index (χ3v) is 7.03. The van der Waals surface area contributed by atoms with Crippen LogP contribution in [0.5, 0.6) is 0 Å². The Bertz CT molecular complexity index is 1320. The number of nitrogens with zero attached hydrogens (tertiary/aromatic N) is 3. The summed E-state index contributed by atoms with van der Waals surface area (Å²) in [4.78, 5) is 36.0. The van der Waals surface area contributed by atoms with E-state index >= 15 is 0 Å². The molecule has 8 heteroatoms. The van der Waals surface area contributed by atoms with Gasteiger partial charge in [-0.05, 0) is 51.3 Å². The summed E-state index contributed by atoms with van der Waals surface area (Å²) in [5, 5.41) is 5.86. The number of hydrogen-bond donors (Lipinski definition) is 1. The van der Waals surface area contributed by atoms with E-state index in [1.807, 2.05) is 19.2 Å². The Labute approximate surface area is 182 Å². The number of aryl methyl sites for hydroxylation is 5. The highest BCUT2D eigenvalue weighted by atomic mass is 32.1. The Kier molecular flexibility index (Phi) is 5.29. The van der Waals surface area contributed by atoms with Crippen molar-refractivity contribution in [2.45, 2.75) is 41.2 Å². The van der Waals surface area contributed by atoms with Gasteiger partial charge in [-0.1, -0.05) is 17.7 Å². The van der Waals surface area contributed by atoms with Crippen LogP contribution in [0.1, 0.15) is 27.1 Å². The van der Waals surface area contributed by atoms with Crippen LogP contribution in [-0.4, -0.2) is 20.4 Å². The number of fused-ring (bicyclic) bond motifs is 1. The number of thiophene rings is 1. The van der Waals surface area contributed by atoms with Gasteiger partial charge in [0, 0.05) is 15.8 Å². The maximum absolute atomic E-state index is 12.8. The lowest BCUT2D eigenvalue weighted by Gasteiger charge is -2.09. The van der Waals surface area contributed by atoms with E-state index in [1.165, 1.54) is 39.1 Å². The molecule has 0 spiro atoms. The smallest absolute Gasteiger partial charge is 0.262 e. The third kappa shape index (κ3) is 3.68. The number of aromatic nitrogens is 3. The molecule has 0 saturated carbocycles. The van der Waals surface area contributed by atoms with E-state index in [9.17, 15) is 9.59 Å². The molecule has 0 bridgehead atoms. The number of nitrogens with one attached hydrogen (secondary N) is 1. The average Bonchev–Trinajstić information content (AvgIpc) is 3.21. The summed E-state index contributed by atoms with van der Waals surface area (Å²) >= 11 is 2.87. The molecular weight excluding hydrogens is 416 g/mol. The summed E-state index contributed by atoms with van der Waals surface area (Å²) in [7, 11) is 0. The zero-order valence-electron chi connectivity index (χ0n) is 17.5. The Morgan fingerprint density at radius 1 is 1.13 bits per heavy atom. The Balaban J connectivity index is 1.55. The topological polar surface area (TPSA) is 76.9 Å². The Hall–Kier alpha value is -2.84. The fraction of sp³-hybridized carbons (Fsp3) is 0.273. The van der Waals surface area contributed by atoms with Crippen molar-refractivity contribution in [2.75, 3.05) is 5.32 Å². The van der Waals surface area contributed by atoms with Gasteiger partial charge in [0.1, 0.15) is 11.4 Å². The highest BCUT2D eigenvalue weighted by Gasteiger charge is 2.15. The van der Waals surface area contributed by atoms with Gasteiger partial charge in [0.2, 0.25) is 5.91 Å². The van der Waals surface area contributed by atoms with Crippen molar-refractivity contribution >= 4 is 43.9 Å². The molecule has 0 saturated heterocycles. The van der Waals surface area contributed by atoms with Crippen molar-refractivity contribution in [1.82, 2.24) is 14.5 Å². The molecule has 3 aromatic heterocycles. The van der Waals surface area contributed by atoms with Crippen LogP contribution in [-0.2, 0) is 11.3 Å².